The summed E-state index contributed by atoms with van der Waals surface area (Å²) in [5.74, 6) is 1.53. The third-order valence-electron chi connectivity index (χ3n) is 3.26. The fraction of sp³-hybridized carbons (Fsp3) is 0.647. The number of nitrogens with one attached hydrogen (secondary N) is 1. The van der Waals surface area contributed by atoms with Crippen LogP contribution in [-0.4, -0.2) is 32.9 Å². The van der Waals surface area contributed by atoms with Gasteiger partial charge in [0.05, 0.1) is 12.7 Å². The standard InChI is InChI=1S/C17H29NO2/c1-17(2,3)20-11-10-14(13-18-4)12-15-8-6-7-9-16(15)19-5/h6-9,14,18H,10-13H2,1-5H3. The predicted molar refractivity (Wildman–Crippen MR) is 84.4 cm³/mol. The van der Waals surface area contributed by atoms with Gasteiger partial charge in [-0.3, -0.25) is 0 Å². The van der Waals surface area contributed by atoms with E-state index in [9.17, 15) is 0 Å². The molecule has 0 fully saturated rings. The zero-order valence-corrected chi connectivity index (χ0v) is 13.5. The summed E-state index contributed by atoms with van der Waals surface area (Å²) in [5.41, 5.74) is 1.21. The second kappa shape index (κ2) is 8.28. The fourth-order valence-electron chi connectivity index (χ4n) is 2.28. The molecule has 0 spiro atoms. The van der Waals surface area contributed by atoms with Gasteiger partial charge in [0.2, 0.25) is 0 Å². The van der Waals surface area contributed by atoms with Crippen LogP contribution in [0.4, 0.5) is 0 Å². The highest BCUT2D eigenvalue weighted by molar-refractivity contribution is 5.33. The second-order valence-corrected chi connectivity index (χ2v) is 6.19. The lowest BCUT2D eigenvalue weighted by atomic mass is 9.95. The number of ether oxygens (including phenoxy) is 2. The molecular formula is C17H29NO2. The average molecular weight is 279 g/mol. The molecule has 1 aromatic carbocycles. The molecule has 3 heteroatoms. The normalized spacial score (nSPS) is 13.2. The van der Waals surface area contributed by atoms with Crippen LogP contribution in [0.25, 0.3) is 0 Å². The maximum atomic E-state index is 5.84. The van der Waals surface area contributed by atoms with Gasteiger partial charge in [0, 0.05) is 6.61 Å². The molecule has 1 rings (SSSR count). The molecule has 0 aliphatic carbocycles. The van der Waals surface area contributed by atoms with Gasteiger partial charge in [-0.25, -0.2) is 0 Å². The molecule has 1 N–H and O–H groups in total. The highest BCUT2D eigenvalue weighted by Gasteiger charge is 2.15. The van der Waals surface area contributed by atoms with E-state index in [1.165, 1.54) is 5.56 Å². The maximum Gasteiger partial charge on any atom is 0.122 e. The van der Waals surface area contributed by atoms with Crippen LogP contribution in [0.2, 0.25) is 0 Å². The van der Waals surface area contributed by atoms with Crippen LogP contribution in [0.15, 0.2) is 24.3 Å². The van der Waals surface area contributed by atoms with Crippen molar-refractivity contribution >= 4 is 0 Å². The first-order valence-electron chi connectivity index (χ1n) is 7.36. The van der Waals surface area contributed by atoms with Gasteiger partial charge in [0.25, 0.3) is 0 Å². The van der Waals surface area contributed by atoms with Crippen molar-refractivity contribution in [3.05, 3.63) is 29.8 Å². The third-order valence-corrected chi connectivity index (χ3v) is 3.26. The Labute approximate surface area is 123 Å². The smallest absolute Gasteiger partial charge is 0.122 e. The minimum atomic E-state index is -0.0609. The maximum absolute atomic E-state index is 5.84. The van der Waals surface area contributed by atoms with Crippen LogP contribution >= 0.6 is 0 Å². The largest absolute Gasteiger partial charge is 0.496 e. The molecule has 114 valence electrons. The van der Waals surface area contributed by atoms with Crippen LogP contribution in [0.5, 0.6) is 5.75 Å². The van der Waals surface area contributed by atoms with Crippen molar-refractivity contribution in [2.75, 3.05) is 27.3 Å². The van der Waals surface area contributed by atoms with Gasteiger partial charge in [-0.05, 0) is 64.8 Å². The molecule has 0 aliphatic rings. The van der Waals surface area contributed by atoms with E-state index in [4.69, 9.17) is 9.47 Å². The van der Waals surface area contributed by atoms with Crippen molar-refractivity contribution in [3.8, 4) is 5.75 Å². The molecule has 1 unspecified atom stereocenters. The second-order valence-electron chi connectivity index (χ2n) is 6.19. The van der Waals surface area contributed by atoms with Gasteiger partial charge >= 0.3 is 0 Å². The van der Waals surface area contributed by atoms with E-state index in [1.54, 1.807) is 7.11 Å². The van der Waals surface area contributed by atoms with Crippen molar-refractivity contribution in [2.45, 2.75) is 39.2 Å². The van der Waals surface area contributed by atoms with Crippen molar-refractivity contribution in [3.63, 3.8) is 0 Å². The molecule has 1 aromatic rings. The summed E-state index contributed by atoms with van der Waals surface area (Å²) >= 11 is 0. The summed E-state index contributed by atoms with van der Waals surface area (Å²) in [6, 6.07) is 8.25. The van der Waals surface area contributed by atoms with Crippen LogP contribution in [0.1, 0.15) is 32.8 Å². The topological polar surface area (TPSA) is 30.5 Å². The molecule has 0 aliphatic heterocycles. The summed E-state index contributed by atoms with van der Waals surface area (Å²) in [7, 11) is 3.73. The van der Waals surface area contributed by atoms with Crippen molar-refractivity contribution in [1.29, 1.82) is 0 Å². The molecule has 0 amide bonds. The van der Waals surface area contributed by atoms with E-state index >= 15 is 0 Å². The van der Waals surface area contributed by atoms with Crippen LogP contribution in [0, 0.1) is 5.92 Å². The summed E-state index contributed by atoms with van der Waals surface area (Å²) in [6.45, 7) is 8.08. The monoisotopic (exact) mass is 279 g/mol. The molecule has 0 saturated carbocycles. The quantitative estimate of drug-likeness (QED) is 0.792. The Balaban J connectivity index is 2.57. The summed E-state index contributed by atoms with van der Waals surface area (Å²) in [5, 5.41) is 3.28. The first-order valence-corrected chi connectivity index (χ1v) is 7.36. The van der Waals surface area contributed by atoms with E-state index in [1.807, 2.05) is 19.2 Å². The van der Waals surface area contributed by atoms with E-state index in [-0.39, 0.29) is 5.60 Å². The molecule has 0 aromatic heterocycles. The van der Waals surface area contributed by atoms with E-state index < -0.39 is 0 Å². The zero-order valence-electron chi connectivity index (χ0n) is 13.5. The lowest BCUT2D eigenvalue weighted by Gasteiger charge is -2.23. The van der Waals surface area contributed by atoms with Gasteiger partial charge in [0.1, 0.15) is 5.75 Å². The molecule has 0 heterocycles. The van der Waals surface area contributed by atoms with Crippen molar-refractivity contribution < 1.29 is 9.47 Å². The summed E-state index contributed by atoms with van der Waals surface area (Å²) in [4.78, 5) is 0. The SMILES string of the molecule is CNCC(CCOC(C)(C)C)Cc1ccccc1OC. The lowest BCUT2D eigenvalue weighted by molar-refractivity contribution is -0.00914. The van der Waals surface area contributed by atoms with Gasteiger partial charge in [-0.15, -0.1) is 0 Å². The number of benzene rings is 1. The van der Waals surface area contributed by atoms with Gasteiger partial charge < -0.3 is 14.8 Å². The molecule has 20 heavy (non-hydrogen) atoms. The Morgan fingerprint density at radius 2 is 1.90 bits per heavy atom. The van der Waals surface area contributed by atoms with Crippen molar-refractivity contribution in [2.24, 2.45) is 5.92 Å². The number of hydrogen-bond donors (Lipinski definition) is 1. The number of hydrogen-bond acceptors (Lipinski definition) is 3. The molecule has 0 bridgehead atoms. The van der Waals surface area contributed by atoms with Crippen LogP contribution in [-0.2, 0) is 11.2 Å². The average Bonchev–Trinajstić information content (AvgIpc) is 2.38. The molecule has 0 radical (unpaired) electrons. The van der Waals surface area contributed by atoms with Gasteiger partial charge in [-0.1, -0.05) is 18.2 Å². The van der Waals surface area contributed by atoms with Crippen molar-refractivity contribution in [1.82, 2.24) is 5.32 Å². The Morgan fingerprint density at radius 3 is 2.50 bits per heavy atom. The Bertz CT molecular complexity index is 385. The summed E-state index contributed by atoms with van der Waals surface area (Å²) in [6.07, 6.45) is 2.06. The van der Waals surface area contributed by atoms with Crippen LogP contribution < -0.4 is 10.1 Å². The highest BCUT2D eigenvalue weighted by atomic mass is 16.5. The molecule has 0 saturated heterocycles. The Hall–Kier alpha value is -1.06. The lowest BCUT2D eigenvalue weighted by Crippen LogP contribution is -2.25. The molecular weight excluding hydrogens is 250 g/mol. The van der Waals surface area contributed by atoms with E-state index in [2.05, 4.69) is 38.2 Å². The van der Waals surface area contributed by atoms with Crippen LogP contribution in [0.3, 0.4) is 0 Å². The minimum Gasteiger partial charge on any atom is -0.496 e. The predicted octanol–water partition coefficient (Wildman–Crippen LogP) is 3.28. The fourth-order valence-corrected chi connectivity index (χ4v) is 2.28. The zero-order chi connectivity index (χ0) is 15.0. The first kappa shape index (κ1) is 17.0. The molecule has 3 nitrogen and oxygen atoms in total. The van der Waals surface area contributed by atoms with Gasteiger partial charge in [0.15, 0.2) is 0 Å². The number of para-hydroxylation sites is 1. The Morgan fingerprint density at radius 1 is 1.20 bits per heavy atom. The first-order chi connectivity index (χ1) is 9.46. The molecule has 1 atom stereocenters. The number of rotatable bonds is 8. The minimum absolute atomic E-state index is 0.0609. The highest BCUT2D eigenvalue weighted by Crippen LogP contribution is 2.22. The van der Waals surface area contributed by atoms with E-state index in [0.29, 0.717) is 5.92 Å². The number of methoxy groups -OCH3 is 1. The third kappa shape index (κ3) is 6.40. The Kier molecular flexibility index (Phi) is 7.03. The van der Waals surface area contributed by atoms with E-state index in [0.717, 1.165) is 31.7 Å². The summed E-state index contributed by atoms with van der Waals surface area (Å²) < 4.78 is 11.3. The van der Waals surface area contributed by atoms with Gasteiger partial charge in [-0.2, -0.15) is 0 Å².